The molecule has 13 heteroatoms. The molecule has 2 aliphatic rings. The summed E-state index contributed by atoms with van der Waals surface area (Å²) in [5, 5.41) is 10.2. The SMILES string of the molecule is O=C(NC1CC1)C(=O)C(CC1CCNC1=O)NC(=O)c1cc(Cl)ccc1NC(=O)c1cccc(C(F)(F)F)c1. The summed E-state index contributed by atoms with van der Waals surface area (Å²) in [6.07, 6.45) is -2.90. The van der Waals surface area contributed by atoms with Gasteiger partial charge in [-0.1, -0.05) is 17.7 Å². The van der Waals surface area contributed by atoms with E-state index in [9.17, 15) is 37.1 Å². The minimum Gasteiger partial charge on any atom is -0.356 e. The number of carbonyl (C=O) groups excluding carboxylic acids is 5. The summed E-state index contributed by atoms with van der Waals surface area (Å²) >= 11 is 6.05. The van der Waals surface area contributed by atoms with Crippen LogP contribution >= 0.6 is 11.6 Å². The van der Waals surface area contributed by atoms with Crippen molar-refractivity contribution in [3.8, 4) is 0 Å². The van der Waals surface area contributed by atoms with Crippen LogP contribution < -0.4 is 21.3 Å². The van der Waals surface area contributed by atoms with E-state index in [0.29, 0.717) is 19.0 Å². The zero-order chi connectivity index (χ0) is 28.3. The maximum Gasteiger partial charge on any atom is 0.416 e. The minimum atomic E-state index is -4.66. The summed E-state index contributed by atoms with van der Waals surface area (Å²) in [6, 6.07) is 6.12. The van der Waals surface area contributed by atoms with Crippen molar-refractivity contribution >= 4 is 46.7 Å². The zero-order valence-corrected chi connectivity index (χ0v) is 21.1. The third-order valence-corrected chi connectivity index (χ3v) is 6.60. The zero-order valence-electron chi connectivity index (χ0n) is 20.4. The number of carbonyl (C=O) groups is 5. The Morgan fingerprint density at radius 2 is 1.77 bits per heavy atom. The van der Waals surface area contributed by atoms with E-state index in [2.05, 4.69) is 21.3 Å². The maximum absolute atomic E-state index is 13.3. The Kier molecular flexibility index (Phi) is 8.24. The van der Waals surface area contributed by atoms with Crippen molar-refractivity contribution in [2.75, 3.05) is 11.9 Å². The summed E-state index contributed by atoms with van der Waals surface area (Å²) in [7, 11) is 0. The van der Waals surface area contributed by atoms with Gasteiger partial charge in [-0.2, -0.15) is 13.2 Å². The Balaban J connectivity index is 1.56. The number of hydrogen-bond acceptors (Lipinski definition) is 5. The van der Waals surface area contributed by atoms with E-state index in [-0.39, 0.29) is 40.2 Å². The van der Waals surface area contributed by atoms with Gasteiger partial charge in [-0.3, -0.25) is 24.0 Å². The topological polar surface area (TPSA) is 133 Å². The van der Waals surface area contributed by atoms with E-state index in [1.54, 1.807) is 0 Å². The smallest absolute Gasteiger partial charge is 0.356 e. The maximum atomic E-state index is 13.3. The fourth-order valence-electron chi connectivity index (χ4n) is 4.11. The summed E-state index contributed by atoms with van der Waals surface area (Å²) in [5.41, 5.74) is -1.61. The summed E-state index contributed by atoms with van der Waals surface area (Å²) < 4.78 is 39.2. The molecule has 0 aromatic heterocycles. The number of rotatable bonds is 9. The van der Waals surface area contributed by atoms with Crippen molar-refractivity contribution < 1.29 is 37.1 Å². The lowest BCUT2D eigenvalue weighted by Crippen LogP contribution is -2.49. The molecule has 39 heavy (non-hydrogen) atoms. The van der Waals surface area contributed by atoms with Crippen LogP contribution in [-0.2, 0) is 20.6 Å². The Morgan fingerprint density at radius 3 is 2.41 bits per heavy atom. The van der Waals surface area contributed by atoms with E-state index < -0.39 is 47.2 Å². The number of anilines is 1. The number of alkyl halides is 3. The third-order valence-electron chi connectivity index (χ3n) is 6.37. The second kappa shape index (κ2) is 11.4. The van der Waals surface area contributed by atoms with Gasteiger partial charge in [-0.25, -0.2) is 0 Å². The second-order valence-electron chi connectivity index (χ2n) is 9.37. The van der Waals surface area contributed by atoms with Crippen LogP contribution in [0.5, 0.6) is 0 Å². The number of hydrogen-bond donors (Lipinski definition) is 4. The number of nitrogens with one attached hydrogen (secondary N) is 4. The van der Waals surface area contributed by atoms with Crippen LogP contribution in [0.4, 0.5) is 18.9 Å². The van der Waals surface area contributed by atoms with Crippen molar-refractivity contribution in [3.63, 3.8) is 0 Å². The minimum absolute atomic E-state index is 0.0912. The third kappa shape index (κ3) is 7.14. The van der Waals surface area contributed by atoms with Gasteiger partial charge in [-0.05, 0) is 62.1 Å². The van der Waals surface area contributed by atoms with Gasteiger partial charge in [0.25, 0.3) is 17.7 Å². The Hall–Kier alpha value is -3.93. The molecule has 0 radical (unpaired) electrons. The summed E-state index contributed by atoms with van der Waals surface area (Å²) in [5.74, 6) is -4.52. The van der Waals surface area contributed by atoms with E-state index in [0.717, 1.165) is 25.0 Å². The van der Waals surface area contributed by atoms with E-state index in [1.165, 1.54) is 24.3 Å². The Morgan fingerprint density at radius 1 is 1.03 bits per heavy atom. The standard InChI is InChI=1S/C26H24ClF3N4O5/c27-16-4-7-19(33-23(37)13-2-1-3-15(10-13)26(28,29)30)18(12-16)24(38)34-20(11-14-8-9-31-22(14)36)21(35)25(39)32-17-5-6-17/h1-4,7,10,12,14,17,20H,5-6,8-9,11H2,(H,31,36)(H,32,39)(H,33,37)(H,34,38). The predicted octanol–water partition coefficient (Wildman–Crippen LogP) is 3.08. The second-order valence-corrected chi connectivity index (χ2v) is 9.81. The molecular weight excluding hydrogens is 541 g/mol. The molecule has 1 saturated heterocycles. The molecule has 2 unspecified atom stereocenters. The molecule has 2 aromatic carbocycles. The van der Waals surface area contributed by atoms with Gasteiger partial charge in [0.15, 0.2) is 0 Å². The molecule has 2 aromatic rings. The highest BCUT2D eigenvalue weighted by molar-refractivity contribution is 6.38. The first-order chi connectivity index (χ1) is 18.4. The lowest BCUT2D eigenvalue weighted by Gasteiger charge is -2.21. The van der Waals surface area contributed by atoms with Crippen LogP contribution in [0.1, 0.15) is 52.0 Å². The van der Waals surface area contributed by atoms with Crippen molar-refractivity contribution in [2.45, 2.75) is 43.9 Å². The first-order valence-corrected chi connectivity index (χ1v) is 12.5. The molecule has 1 aliphatic heterocycles. The van der Waals surface area contributed by atoms with E-state index >= 15 is 0 Å². The van der Waals surface area contributed by atoms with Gasteiger partial charge in [-0.15, -0.1) is 0 Å². The van der Waals surface area contributed by atoms with Crippen molar-refractivity contribution in [1.82, 2.24) is 16.0 Å². The van der Waals surface area contributed by atoms with Crippen molar-refractivity contribution in [1.29, 1.82) is 0 Å². The van der Waals surface area contributed by atoms with Crippen LogP contribution in [-0.4, -0.2) is 48.0 Å². The van der Waals surface area contributed by atoms with E-state index in [4.69, 9.17) is 11.6 Å². The molecule has 1 saturated carbocycles. The molecule has 9 nitrogen and oxygen atoms in total. The van der Waals surface area contributed by atoms with Crippen molar-refractivity contribution in [2.24, 2.45) is 5.92 Å². The molecule has 4 rings (SSSR count). The average Bonchev–Trinajstić information content (AvgIpc) is 3.62. The highest BCUT2D eigenvalue weighted by atomic mass is 35.5. The number of amides is 4. The predicted molar refractivity (Wildman–Crippen MR) is 134 cm³/mol. The highest BCUT2D eigenvalue weighted by Gasteiger charge is 2.36. The Labute approximate surface area is 225 Å². The van der Waals surface area contributed by atoms with Gasteiger partial charge in [0.1, 0.15) is 0 Å². The molecule has 1 aliphatic carbocycles. The fourth-order valence-corrected chi connectivity index (χ4v) is 4.28. The molecule has 1 heterocycles. The van der Waals surface area contributed by atoms with Crippen LogP contribution in [0, 0.1) is 5.92 Å². The molecule has 2 atom stereocenters. The fraction of sp³-hybridized carbons (Fsp3) is 0.346. The average molecular weight is 565 g/mol. The van der Waals surface area contributed by atoms with Gasteiger partial charge in [0.2, 0.25) is 11.7 Å². The highest BCUT2D eigenvalue weighted by Crippen LogP contribution is 2.30. The first kappa shape index (κ1) is 28.1. The van der Waals surface area contributed by atoms with Crippen LogP contribution in [0.3, 0.4) is 0 Å². The lowest BCUT2D eigenvalue weighted by molar-refractivity contribution is -0.139. The molecule has 206 valence electrons. The largest absolute Gasteiger partial charge is 0.416 e. The van der Waals surface area contributed by atoms with Gasteiger partial charge in [0, 0.05) is 29.1 Å². The normalized spacial score (nSPS) is 17.6. The number of benzene rings is 2. The molecule has 4 amide bonds. The van der Waals surface area contributed by atoms with Gasteiger partial charge >= 0.3 is 6.18 Å². The van der Waals surface area contributed by atoms with Gasteiger partial charge in [0.05, 0.1) is 22.9 Å². The number of ketones is 1. The van der Waals surface area contributed by atoms with Crippen LogP contribution in [0.2, 0.25) is 5.02 Å². The summed E-state index contributed by atoms with van der Waals surface area (Å²) in [6.45, 7) is 0.395. The molecule has 0 spiro atoms. The molecule has 2 fully saturated rings. The quantitative estimate of drug-likeness (QED) is 0.347. The number of Topliss-reactive ketones (excluding diaryl/α,β-unsaturated/α-hetero) is 1. The molecular formula is C26H24ClF3N4O5. The van der Waals surface area contributed by atoms with Crippen LogP contribution in [0.25, 0.3) is 0 Å². The first-order valence-electron chi connectivity index (χ1n) is 12.1. The van der Waals surface area contributed by atoms with E-state index in [1.807, 2.05) is 0 Å². The summed E-state index contributed by atoms with van der Waals surface area (Å²) in [4.78, 5) is 63.6. The van der Waals surface area contributed by atoms with Crippen molar-refractivity contribution in [3.05, 3.63) is 64.2 Å². The Bertz CT molecular complexity index is 1330. The molecule has 0 bridgehead atoms. The van der Waals surface area contributed by atoms with Gasteiger partial charge < -0.3 is 21.3 Å². The monoisotopic (exact) mass is 564 g/mol. The lowest BCUT2D eigenvalue weighted by atomic mass is 9.95. The van der Waals surface area contributed by atoms with Crippen LogP contribution in [0.15, 0.2) is 42.5 Å². The molecule has 4 N–H and O–H groups in total. The number of halogens is 4.